The van der Waals surface area contributed by atoms with Crippen molar-refractivity contribution in [1.82, 2.24) is 31.2 Å². The topological polar surface area (TPSA) is 207 Å². The Hall–Kier alpha value is -5.42. The highest BCUT2D eigenvalue weighted by molar-refractivity contribution is 7.13. The van der Waals surface area contributed by atoms with Crippen LogP contribution in [0.5, 0.6) is 0 Å². The van der Waals surface area contributed by atoms with E-state index < -0.39 is 60.0 Å². The second-order valence-corrected chi connectivity index (χ2v) is 15.5. The van der Waals surface area contributed by atoms with Crippen LogP contribution in [0.25, 0.3) is 0 Å². The number of aliphatic hydroxyl groups excluding tert-OH is 2. The molecule has 0 spiro atoms. The van der Waals surface area contributed by atoms with Crippen molar-refractivity contribution in [1.29, 1.82) is 0 Å². The van der Waals surface area contributed by atoms with Crippen LogP contribution in [0.1, 0.15) is 38.8 Å². The Morgan fingerprint density at radius 2 is 0.982 bits per heavy atom. The van der Waals surface area contributed by atoms with Crippen LogP contribution in [-0.2, 0) is 32.0 Å². The summed E-state index contributed by atoms with van der Waals surface area (Å²) < 4.78 is 0. The number of aliphatic hydroxyl groups is 2. The van der Waals surface area contributed by atoms with Gasteiger partial charge in [0.25, 0.3) is 0 Å². The van der Waals surface area contributed by atoms with Gasteiger partial charge >= 0.3 is 0 Å². The average Bonchev–Trinajstić information content (AvgIpc) is 3.91. The molecule has 0 radical (unpaired) electrons. The highest BCUT2D eigenvalue weighted by atomic mass is 32.1. The van der Waals surface area contributed by atoms with E-state index in [-0.39, 0.29) is 24.7 Å². The third-order valence-corrected chi connectivity index (χ3v) is 10.1. The van der Waals surface area contributed by atoms with E-state index in [1.165, 1.54) is 47.2 Å². The zero-order chi connectivity index (χ0) is 40.5. The summed E-state index contributed by atoms with van der Waals surface area (Å²) in [4.78, 5) is 61.6. The summed E-state index contributed by atoms with van der Waals surface area (Å²) in [6.45, 7) is 7.12. The standard InChI is InChI=1S/C40H50N8O6S2/c1-25(2)33(47-31(49)15-17-41-39-43-19-21-55-39)37(53)45-29(23-27-11-7-5-8-12-27)35(51)36(52)30(24-28-13-9-6-10-14-28)46-38(54)34(26(3)4)48-32(50)16-18-42-40-44-20-22-56-40/h5-22,25-26,29-30,33-36,51-52H,23-24H2,1-4H3,(H,41,43)(H,42,44)(H,45,53)(H,46,54)(H,47,49)(H,48,50)/t29-,30-,33-,34-,35+,36+/m0/s1. The summed E-state index contributed by atoms with van der Waals surface area (Å²) in [5, 5.41) is 45.6. The van der Waals surface area contributed by atoms with Gasteiger partial charge in [-0.1, -0.05) is 88.4 Å². The van der Waals surface area contributed by atoms with Crippen LogP contribution in [0.3, 0.4) is 0 Å². The molecule has 8 N–H and O–H groups in total. The molecule has 0 saturated heterocycles. The number of carbonyl (C=O) groups excluding carboxylic acids is 4. The number of carbonyl (C=O) groups is 4. The molecular formula is C40H50N8O6S2. The van der Waals surface area contributed by atoms with Crippen molar-refractivity contribution in [3.05, 3.63) is 119 Å². The maximum atomic E-state index is 13.9. The summed E-state index contributed by atoms with van der Waals surface area (Å²) in [5.41, 5.74) is 1.54. The first-order valence-electron chi connectivity index (χ1n) is 18.2. The fraction of sp³-hybridized carbons (Fsp3) is 0.350. The number of nitrogens with one attached hydrogen (secondary N) is 6. The minimum absolute atomic E-state index is 0.124. The van der Waals surface area contributed by atoms with Crippen LogP contribution >= 0.6 is 22.7 Å². The third kappa shape index (κ3) is 14.0. The molecule has 0 unspecified atom stereocenters. The number of rotatable bonds is 21. The van der Waals surface area contributed by atoms with Gasteiger partial charge in [-0.2, -0.15) is 0 Å². The largest absolute Gasteiger partial charge is 0.388 e. The lowest BCUT2D eigenvalue weighted by Gasteiger charge is -2.35. The van der Waals surface area contributed by atoms with E-state index in [1.54, 1.807) is 50.8 Å². The van der Waals surface area contributed by atoms with Crippen LogP contribution in [0.2, 0.25) is 0 Å². The number of nitrogens with zero attached hydrogens (tertiary/aromatic N) is 2. The van der Waals surface area contributed by atoms with E-state index in [9.17, 15) is 29.4 Å². The molecular weight excluding hydrogens is 753 g/mol. The molecule has 56 heavy (non-hydrogen) atoms. The SMILES string of the molecule is CC(C)[C@H](NC(=O)C=CNc1nccs1)C(=O)N[C@@H](Cc1ccccc1)[C@@H](O)[C@H](O)[C@H](Cc1ccccc1)NC(=O)[C@@H](NC(=O)C=CNc1nccs1)C(C)C. The van der Waals surface area contributed by atoms with Crippen LogP contribution in [0, 0.1) is 11.8 Å². The molecule has 16 heteroatoms. The lowest BCUT2D eigenvalue weighted by Crippen LogP contribution is -2.61. The lowest BCUT2D eigenvalue weighted by atomic mass is 9.90. The van der Waals surface area contributed by atoms with Crippen LogP contribution in [0.15, 0.2) is 108 Å². The summed E-state index contributed by atoms with van der Waals surface area (Å²) in [7, 11) is 0. The van der Waals surface area contributed by atoms with Crippen molar-refractivity contribution in [2.45, 2.75) is 76.9 Å². The second-order valence-electron chi connectivity index (χ2n) is 13.7. The van der Waals surface area contributed by atoms with Crippen molar-refractivity contribution in [3.8, 4) is 0 Å². The highest BCUT2D eigenvalue weighted by Gasteiger charge is 2.37. The molecule has 4 amide bonds. The van der Waals surface area contributed by atoms with Gasteiger partial charge < -0.3 is 42.1 Å². The molecule has 298 valence electrons. The number of aromatic nitrogens is 2. The Morgan fingerprint density at radius 1 is 0.607 bits per heavy atom. The smallest absolute Gasteiger partial charge is 0.246 e. The molecule has 4 aromatic rings. The van der Waals surface area contributed by atoms with Gasteiger partial charge in [0.05, 0.1) is 12.1 Å². The molecule has 4 rings (SSSR count). The van der Waals surface area contributed by atoms with Crippen molar-refractivity contribution in [2.24, 2.45) is 11.8 Å². The minimum atomic E-state index is -1.59. The van der Waals surface area contributed by atoms with E-state index in [1.807, 2.05) is 60.7 Å². The predicted octanol–water partition coefficient (Wildman–Crippen LogP) is 3.61. The van der Waals surface area contributed by atoms with Gasteiger partial charge in [-0.3, -0.25) is 19.2 Å². The van der Waals surface area contributed by atoms with E-state index in [2.05, 4.69) is 41.9 Å². The molecule has 2 aromatic heterocycles. The number of hydrogen-bond donors (Lipinski definition) is 8. The van der Waals surface area contributed by atoms with Gasteiger partial charge in [0.15, 0.2) is 10.3 Å². The molecule has 0 aliphatic carbocycles. The van der Waals surface area contributed by atoms with E-state index in [0.717, 1.165) is 11.1 Å². The Bertz CT molecular complexity index is 1720. The summed E-state index contributed by atoms with van der Waals surface area (Å²) in [5.74, 6) is -2.86. The van der Waals surface area contributed by atoms with Crippen molar-refractivity contribution in [3.63, 3.8) is 0 Å². The number of amides is 4. The quantitative estimate of drug-likeness (QED) is 0.0575. The molecule has 14 nitrogen and oxygen atoms in total. The number of hydrogen-bond acceptors (Lipinski definition) is 12. The summed E-state index contributed by atoms with van der Waals surface area (Å²) in [6.07, 6.45) is 5.68. The first-order valence-corrected chi connectivity index (χ1v) is 20.0. The number of benzene rings is 2. The van der Waals surface area contributed by atoms with Crippen LogP contribution in [0.4, 0.5) is 10.3 Å². The van der Waals surface area contributed by atoms with Crippen molar-refractivity contribution in [2.75, 3.05) is 10.6 Å². The van der Waals surface area contributed by atoms with E-state index >= 15 is 0 Å². The number of thiazole rings is 2. The number of anilines is 2. The fourth-order valence-corrected chi connectivity index (χ4v) is 6.73. The Balaban J connectivity index is 1.53. The maximum Gasteiger partial charge on any atom is 0.246 e. The second kappa shape index (κ2) is 22.2. The van der Waals surface area contributed by atoms with Crippen molar-refractivity contribution < 1.29 is 29.4 Å². The van der Waals surface area contributed by atoms with Gasteiger partial charge in [0, 0.05) is 47.7 Å². The highest BCUT2D eigenvalue weighted by Crippen LogP contribution is 2.17. The first kappa shape index (κ1) is 43.3. The Morgan fingerprint density at radius 3 is 1.30 bits per heavy atom. The third-order valence-electron chi connectivity index (χ3n) is 8.67. The minimum Gasteiger partial charge on any atom is -0.388 e. The molecule has 2 aromatic carbocycles. The predicted molar refractivity (Wildman–Crippen MR) is 219 cm³/mol. The summed E-state index contributed by atoms with van der Waals surface area (Å²) >= 11 is 2.73. The molecule has 0 fully saturated rings. The van der Waals surface area contributed by atoms with Gasteiger partial charge in [-0.25, -0.2) is 9.97 Å². The fourth-order valence-electron chi connectivity index (χ4n) is 5.71. The summed E-state index contributed by atoms with van der Waals surface area (Å²) in [6, 6.07) is 14.2. The molecule has 0 saturated carbocycles. The molecule has 0 aliphatic rings. The zero-order valence-corrected chi connectivity index (χ0v) is 33.3. The molecule has 0 aliphatic heterocycles. The van der Waals surface area contributed by atoms with Gasteiger partial charge in [-0.05, 0) is 35.8 Å². The normalized spacial score (nSPS) is 14.8. The monoisotopic (exact) mass is 802 g/mol. The van der Waals surface area contributed by atoms with Gasteiger partial charge in [0.2, 0.25) is 23.6 Å². The van der Waals surface area contributed by atoms with E-state index in [0.29, 0.717) is 10.3 Å². The van der Waals surface area contributed by atoms with Gasteiger partial charge in [-0.15, -0.1) is 22.7 Å². The maximum absolute atomic E-state index is 13.9. The Kier molecular flexibility index (Phi) is 17.2. The average molecular weight is 803 g/mol. The van der Waals surface area contributed by atoms with Crippen LogP contribution in [-0.4, -0.2) is 80.2 Å². The molecule has 0 bridgehead atoms. The zero-order valence-electron chi connectivity index (χ0n) is 31.7. The van der Waals surface area contributed by atoms with Crippen molar-refractivity contribution >= 4 is 56.6 Å². The van der Waals surface area contributed by atoms with E-state index in [4.69, 9.17) is 0 Å². The molecule has 2 heterocycles. The Labute approximate surface area is 335 Å². The lowest BCUT2D eigenvalue weighted by molar-refractivity contribution is -0.131. The van der Waals surface area contributed by atoms with Crippen LogP contribution < -0.4 is 31.9 Å². The molecule has 6 atom stereocenters. The first-order chi connectivity index (χ1) is 26.9. The van der Waals surface area contributed by atoms with Gasteiger partial charge in [0.1, 0.15) is 24.3 Å².